The minimum absolute atomic E-state index is 0.161. The van der Waals surface area contributed by atoms with Crippen molar-refractivity contribution in [3.63, 3.8) is 0 Å². The lowest BCUT2D eigenvalue weighted by molar-refractivity contribution is -0.129. The van der Waals surface area contributed by atoms with Gasteiger partial charge in [-0.25, -0.2) is 0 Å². The van der Waals surface area contributed by atoms with Gasteiger partial charge >= 0.3 is 0 Å². The second-order valence-electron chi connectivity index (χ2n) is 3.16. The van der Waals surface area contributed by atoms with Crippen LogP contribution < -0.4 is 0 Å². The highest BCUT2D eigenvalue weighted by molar-refractivity contribution is 5.83. The summed E-state index contributed by atoms with van der Waals surface area (Å²) in [4.78, 5) is 13.2. The normalized spacial score (nSPS) is 24.9. The zero-order chi connectivity index (χ0) is 8.43. The Morgan fingerprint density at radius 2 is 2.36 bits per heavy atom. The van der Waals surface area contributed by atoms with Crippen LogP contribution in [-0.2, 0) is 4.79 Å². The Morgan fingerprint density at radius 1 is 1.73 bits per heavy atom. The highest BCUT2D eigenvalue weighted by Gasteiger charge is 2.30. The van der Waals surface area contributed by atoms with E-state index in [-0.39, 0.29) is 11.8 Å². The maximum Gasteiger partial charge on any atom is 0.229 e. The van der Waals surface area contributed by atoms with E-state index in [1.165, 1.54) is 0 Å². The first-order valence-corrected chi connectivity index (χ1v) is 4.16. The van der Waals surface area contributed by atoms with Crippen LogP contribution in [0.5, 0.6) is 0 Å². The molecular weight excluding hydrogens is 138 g/mol. The highest BCUT2D eigenvalue weighted by atomic mass is 16.2. The van der Waals surface area contributed by atoms with Crippen LogP contribution in [0.4, 0.5) is 0 Å². The maximum absolute atomic E-state index is 11.4. The Bertz CT molecular complexity index is 186. The quantitative estimate of drug-likeness (QED) is 0.592. The van der Waals surface area contributed by atoms with E-state index in [1.807, 2.05) is 11.8 Å². The third kappa shape index (κ3) is 1.44. The summed E-state index contributed by atoms with van der Waals surface area (Å²) in [5, 5.41) is 0. The number of hydrogen-bond acceptors (Lipinski definition) is 1. The average molecular weight is 153 g/mol. The molecule has 1 unspecified atom stereocenters. The molecule has 0 aromatic rings. The highest BCUT2D eigenvalue weighted by Crippen LogP contribution is 2.25. The zero-order valence-corrected chi connectivity index (χ0v) is 7.26. The molecule has 1 fully saturated rings. The van der Waals surface area contributed by atoms with Gasteiger partial charge in [0.2, 0.25) is 5.91 Å². The van der Waals surface area contributed by atoms with Gasteiger partial charge in [-0.2, -0.15) is 0 Å². The van der Waals surface area contributed by atoms with E-state index in [0.717, 1.165) is 25.1 Å². The van der Waals surface area contributed by atoms with Gasteiger partial charge in [-0.15, -0.1) is 0 Å². The lowest BCUT2D eigenvalue weighted by Gasteiger charge is -2.15. The Labute approximate surface area is 67.9 Å². The van der Waals surface area contributed by atoms with Crippen molar-refractivity contribution in [2.24, 2.45) is 5.92 Å². The van der Waals surface area contributed by atoms with Crippen molar-refractivity contribution in [2.45, 2.75) is 26.7 Å². The molecular formula is C9H15NO. The Hall–Kier alpha value is -0.790. The van der Waals surface area contributed by atoms with Gasteiger partial charge in [-0.3, -0.25) is 4.79 Å². The van der Waals surface area contributed by atoms with Gasteiger partial charge < -0.3 is 4.90 Å². The Kier molecular flexibility index (Phi) is 2.32. The van der Waals surface area contributed by atoms with E-state index in [2.05, 4.69) is 13.5 Å². The molecule has 1 saturated heterocycles. The molecule has 1 heterocycles. The van der Waals surface area contributed by atoms with Crippen molar-refractivity contribution >= 4 is 5.91 Å². The molecule has 0 bridgehead atoms. The first-order chi connectivity index (χ1) is 5.16. The predicted molar refractivity (Wildman–Crippen MR) is 44.9 cm³/mol. The minimum atomic E-state index is 0.161. The molecule has 2 nitrogen and oxygen atoms in total. The molecule has 1 amide bonds. The van der Waals surface area contributed by atoms with E-state index >= 15 is 0 Å². The van der Waals surface area contributed by atoms with E-state index in [4.69, 9.17) is 0 Å². The number of allylic oxidation sites excluding steroid dienone is 1. The molecule has 0 radical (unpaired) electrons. The van der Waals surface area contributed by atoms with Crippen molar-refractivity contribution in [3.8, 4) is 0 Å². The smallest absolute Gasteiger partial charge is 0.229 e. The summed E-state index contributed by atoms with van der Waals surface area (Å²) >= 11 is 0. The fraction of sp³-hybridized carbons (Fsp3) is 0.667. The summed E-state index contributed by atoms with van der Waals surface area (Å²) in [7, 11) is 0. The van der Waals surface area contributed by atoms with Gasteiger partial charge in [0.15, 0.2) is 0 Å². The third-order valence-electron chi connectivity index (χ3n) is 2.06. The maximum atomic E-state index is 11.4. The number of hydrogen-bond donors (Lipinski definition) is 0. The van der Waals surface area contributed by atoms with E-state index in [1.54, 1.807) is 0 Å². The first-order valence-electron chi connectivity index (χ1n) is 4.16. The summed E-state index contributed by atoms with van der Waals surface area (Å²) in [6.07, 6.45) is 1.86. The number of rotatable bonds is 2. The third-order valence-corrected chi connectivity index (χ3v) is 2.06. The molecule has 0 N–H and O–H groups in total. The summed E-state index contributed by atoms with van der Waals surface area (Å²) in [5.74, 6) is 0.408. The monoisotopic (exact) mass is 153 g/mol. The summed E-state index contributed by atoms with van der Waals surface area (Å²) in [6.45, 7) is 8.73. The van der Waals surface area contributed by atoms with Gasteiger partial charge in [0.25, 0.3) is 0 Å². The van der Waals surface area contributed by atoms with E-state index < -0.39 is 0 Å². The number of nitrogens with zero attached hydrogens (tertiary/aromatic N) is 1. The van der Waals surface area contributed by atoms with Crippen molar-refractivity contribution in [1.82, 2.24) is 4.90 Å². The largest absolute Gasteiger partial charge is 0.317 e. The van der Waals surface area contributed by atoms with Crippen LogP contribution in [0, 0.1) is 5.92 Å². The van der Waals surface area contributed by atoms with Gasteiger partial charge in [0, 0.05) is 18.2 Å². The predicted octanol–water partition coefficient (Wildman–Crippen LogP) is 1.78. The fourth-order valence-electron chi connectivity index (χ4n) is 1.46. The van der Waals surface area contributed by atoms with Crippen LogP contribution in [0.1, 0.15) is 26.7 Å². The van der Waals surface area contributed by atoms with Gasteiger partial charge in [0.05, 0.1) is 0 Å². The Balaban J connectivity index is 2.64. The molecule has 0 saturated carbocycles. The lowest BCUT2D eigenvalue weighted by atomic mass is 10.1. The van der Waals surface area contributed by atoms with E-state index in [9.17, 15) is 4.79 Å². The van der Waals surface area contributed by atoms with Crippen LogP contribution in [0.3, 0.4) is 0 Å². The SMILES string of the molecule is C=C1CC(C)C(=O)N1CCC. The van der Waals surface area contributed by atoms with Crippen LogP contribution in [0.2, 0.25) is 0 Å². The molecule has 1 atom stereocenters. The minimum Gasteiger partial charge on any atom is -0.317 e. The molecule has 0 spiro atoms. The first kappa shape index (κ1) is 8.31. The molecule has 1 aliphatic heterocycles. The summed E-state index contributed by atoms with van der Waals surface area (Å²) in [5.41, 5.74) is 0.990. The standard InChI is InChI=1S/C9H15NO/c1-4-5-10-8(3)6-7(2)9(10)11/h7H,3-6H2,1-2H3. The number of carbonyl (C=O) groups excluding carboxylic acids is 1. The molecule has 1 aliphatic rings. The van der Waals surface area contributed by atoms with Crippen LogP contribution in [0.15, 0.2) is 12.3 Å². The molecule has 0 aromatic carbocycles. The van der Waals surface area contributed by atoms with Crippen LogP contribution in [0.25, 0.3) is 0 Å². The van der Waals surface area contributed by atoms with Crippen molar-refractivity contribution in [2.75, 3.05) is 6.54 Å². The van der Waals surface area contributed by atoms with E-state index in [0.29, 0.717) is 0 Å². The van der Waals surface area contributed by atoms with Crippen molar-refractivity contribution in [3.05, 3.63) is 12.3 Å². The van der Waals surface area contributed by atoms with Gasteiger partial charge in [0.1, 0.15) is 0 Å². The molecule has 62 valence electrons. The fourth-order valence-corrected chi connectivity index (χ4v) is 1.46. The summed E-state index contributed by atoms with van der Waals surface area (Å²) in [6, 6.07) is 0. The summed E-state index contributed by atoms with van der Waals surface area (Å²) < 4.78 is 0. The van der Waals surface area contributed by atoms with Crippen molar-refractivity contribution < 1.29 is 4.79 Å². The molecule has 11 heavy (non-hydrogen) atoms. The number of likely N-dealkylation sites (tertiary alicyclic amines) is 1. The zero-order valence-electron chi connectivity index (χ0n) is 7.26. The number of carbonyl (C=O) groups is 1. The molecule has 1 rings (SSSR count). The second-order valence-corrected chi connectivity index (χ2v) is 3.16. The van der Waals surface area contributed by atoms with Gasteiger partial charge in [-0.05, 0) is 12.8 Å². The van der Waals surface area contributed by atoms with Crippen LogP contribution in [-0.4, -0.2) is 17.4 Å². The topological polar surface area (TPSA) is 20.3 Å². The molecule has 2 heteroatoms. The Morgan fingerprint density at radius 3 is 2.73 bits per heavy atom. The molecule has 0 aliphatic carbocycles. The van der Waals surface area contributed by atoms with Gasteiger partial charge in [-0.1, -0.05) is 20.4 Å². The average Bonchev–Trinajstić information content (AvgIpc) is 2.17. The second kappa shape index (κ2) is 3.07. The van der Waals surface area contributed by atoms with Crippen LogP contribution >= 0.6 is 0 Å². The lowest BCUT2D eigenvalue weighted by Crippen LogP contribution is -2.25. The number of amides is 1. The molecule has 0 aromatic heterocycles. The van der Waals surface area contributed by atoms with Crippen molar-refractivity contribution in [1.29, 1.82) is 0 Å².